The number of benzene rings is 1. The molecule has 4 rings (SSSR count). The molecule has 9 nitrogen and oxygen atoms in total. The lowest BCUT2D eigenvalue weighted by atomic mass is 10.0. The van der Waals surface area contributed by atoms with Crippen LogP contribution in [0.3, 0.4) is 0 Å². The molecule has 3 aliphatic rings. The first kappa shape index (κ1) is 22.4. The van der Waals surface area contributed by atoms with Crippen LogP contribution in [0.5, 0.6) is 0 Å². The van der Waals surface area contributed by atoms with E-state index in [1.54, 1.807) is 4.90 Å². The minimum Gasteiger partial charge on any atom is -0.378 e. The number of nitrogens with zero attached hydrogens (tertiary/aromatic N) is 2. The van der Waals surface area contributed by atoms with Gasteiger partial charge in [-0.05, 0) is 25.0 Å². The summed E-state index contributed by atoms with van der Waals surface area (Å²) >= 11 is 0. The van der Waals surface area contributed by atoms with Crippen molar-refractivity contribution < 1.29 is 27.9 Å². The van der Waals surface area contributed by atoms with Gasteiger partial charge >= 0.3 is 6.03 Å². The summed E-state index contributed by atoms with van der Waals surface area (Å²) in [5, 5.41) is 8.03. The van der Waals surface area contributed by atoms with Gasteiger partial charge in [-0.25, -0.2) is 13.6 Å². The molecule has 0 aliphatic carbocycles. The second-order valence-corrected chi connectivity index (χ2v) is 8.30. The highest BCUT2D eigenvalue weighted by Crippen LogP contribution is 2.26. The van der Waals surface area contributed by atoms with E-state index >= 15 is 0 Å². The Hall–Kier alpha value is -2.79. The van der Waals surface area contributed by atoms with E-state index in [0.717, 1.165) is 12.1 Å². The highest BCUT2D eigenvalue weighted by molar-refractivity contribution is 5.90. The Morgan fingerprint density at radius 1 is 1.22 bits per heavy atom. The normalized spacial score (nSPS) is 25.8. The Bertz CT molecular complexity index is 880. The monoisotopic (exact) mass is 451 g/mol. The Balaban J connectivity index is 1.31. The number of rotatable bonds is 5. The summed E-state index contributed by atoms with van der Waals surface area (Å²) in [7, 11) is 0. The van der Waals surface area contributed by atoms with E-state index in [1.165, 1.54) is 0 Å². The number of carbonyl (C=O) groups is 3. The van der Waals surface area contributed by atoms with Crippen LogP contribution in [0.2, 0.25) is 0 Å². The Morgan fingerprint density at radius 3 is 2.75 bits per heavy atom. The van der Waals surface area contributed by atoms with Crippen molar-refractivity contribution in [2.45, 2.75) is 37.4 Å². The molecule has 0 unspecified atom stereocenters. The fraction of sp³-hybridized carbons (Fsp3) is 0.571. The third-order valence-electron chi connectivity index (χ3n) is 6.19. The minimum absolute atomic E-state index is 0.00732. The van der Waals surface area contributed by atoms with Gasteiger partial charge < -0.3 is 25.6 Å². The fourth-order valence-corrected chi connectivity index (χ4v) is 4.54. The first-order valence-electron chi connectivity index (χ1n) is 10.8. The zero-order valence-corrected chi connectivity index (χ0v) is 17.6. The first-order valence-corrected chi connectivity index (χ1v) is 10.8. The SMILES string of the molecule is O=C(Nc1ccc(F)cc1F)N[C@H]1C[C@H]2C(=O)NC[C@@H](CCC(=O)N3CCOCC3)N2C1. The number of ether oxygens (including phenoxy) is 1. The van der Waals surface area contributed by atoms with Gasteiger partial charge in [-0.15, -0.1) is 0 Å². The molecule has 11 heteroatoms. The highest BCUT2D eigenvalue weighted by atomic mass is 19.1. The van der Waals surface area contributed by atoms with Crippen molar-refractivity contribution in [1.82, 2.24) is 20.4 Å². The van der Waals surface area contributed by atoms with Crippen molar-refractivity contribution in [3.8, 4) is 0 Å². The summed E-state index contributed by atoms with van der Waals surface area (Å²) in [5.41, 5.74) is -0.128. The van der Waals surface area contributed by atoms with Crippen LogP contribution in [-0.2, 0) is 14.3 Å². The molecule has 4 amide bonds. The highest BCUT2D eigenvalue weighted by Gasteiger charge is 2.43. The van der Waals surface area contributed by atoms with E-state index in [0.29, 0.717) is 64.7 Å². The van der Waals surface area contributed by atoms with E-state index in [9.17, 15) is 23.2 Å². The number of nitrogens with one attached hydrogen (secondary N) is 3. The Kier molecular flexibility index (Phi) is 6.85. The molecule has 0 aromatic heterocycles. The van der Waals surface area contributed by atoms with Crippen LogP contribution in [0.4, 0.5) is 19.3 Å². The van der Waals surface area contributed by atoms with E-state index in [2.05, 4.69) is 16.0 Å². The number of urea groups is 1. The number of hydrogen-bond acceptors (Lipinski definition) is 5. The van der Waals surface area contributed by atoms with Crippen LogP contribution in [0.15, 0.2) is 18.2 Å². The van der Waals surface area contributed by atoms with Crippen molar-refractivity contribution >= 4 is 23.5 Å². The molecule has 3 aliphatic heterocycles. The molecule has 1 aromatic rings. The maximum atomic E-state index is 13.8. The van der Waals surface area contributed by atoms with Gasteiger partial charge in [0.2, 0.25) is 11.8 Å². The largest absolute Gasteiger partial charge is 0.378 e. The summed E-state index contributed by atoms with van der Waals surface area (Å²) in [5.74, 6) is -1.62. The van der Waals surface area contributed by atoms with Crippen LogP contribution < -0.4 is 16.0 Å². The average molecular weight is 451 g/mol. The smallest absolute Gasteiger partial charge is 0.319 e. The van der Waals surface area contributed by atoms with Crippen LogP contribution in [0.1, 0.15) is 19.3 Å². The average Bonchev–Trinajstić information content (AvgIpc) is 3.20. The Labute approximate surface area is 184 Å². The molecule has 32 heavy (non-hydrogen) atoms. The molecule has 3 atom stereocenters. The molecule has 0 spiro atoms. The lowest BCUT2D eigenvalue weighted by Crippen LogP contribution is -2.58. The van der Waals surface area contributed by atoms with E-state index in [1.807, 2.05) is 4.90 Å². The maximum Gasteiger partial charge on any atom is 0.319 e. The number of hydrogen-bond donors (Lipinski definition) is 3. The summed E-state index contributed by atoms with van der Waals surface area (Å²) in [6, 6.07) is 1.56. The van der Waals surface area contributed by atoms with Crippen LogP contribution in [-0.4, -0.2) is 85.2 Å². The van der Waals surface area contributed by atoms with Crippen LogP contribution in [0.25, 0.3) is 0 Å². The van der Waals surface area contributed by atoms with Crippen molar-refractivity contribution in [3.05, 3.63) is 29.8 Å². The van der Waals surface area contributed by atoms with Crippen molar-refractivity contribution in [1.29, 1.82) is 0 Å². The summed E-state index contributed by atoms with van der Waals surface area (Å²) < 4.78 is 32.1. The predicted octanol–water partition coefficient (Wildman–Crippen LogP) is 0.667. The van der Waals surface area contributed by atoms with Crippen molar-refractivity contribution in [2.24, 2.45) is 0 Å². The third-order valence-corrected chi connectivity index (χ3v) is 6.19. The number of fused-ring (bicyclic) bond motifs is 1. The van der Waals surface area contributed by atoms with Gasteiger partial charge in [0.25, 0.3) is 0 Å². The summed E-state index contributed by atoms with van der Waals surface area (Å²) in [6.07, 6.45) is 1.40. The quantitative estimate of drug-likeness (QED) is 0.611. The molecular formula is C21H27F2N5O4. The lowest BCUT2D eigenvalue weighted by Gasteiger charge is -2.37. The number of anilines is 1. The molecule has 3 saturated heterocycles. The number of amides is 4. The number of morpholine rings is 1. The molecule has 0 radical (unpaired) electrons. The molecule has 174 valence electrons. The minimum atomic E-state index is -0.867. The standard InChI is InChI=1S/C21H27F2N5O4/c22-13-1-3-17(16(23)9-13)26-21(31)25-14-10-18-20(30)24-11-15(28(18)12-14)2-4-19(29)27-5-7-32-8-6-27/h1,3,9,14-15,18H,2,4-8,10-12H2,(H,24,30)(H2,25,26,31)/t14-,15+,18-/m0/s1. The zero-order chi connectivity index (χ0) is 22.7. The molecule has 1 aromatic carbocycles. The lowest BCUT2D eigenvalue weighted by molar-refractivity contribution is -0.136. The van der Waals surface area contributed by atoms with Gasteiger partial charge in [0.15, 0.2) is 0 Å². The van der Waals surface area contributed by atoms with Gasteiger partial charge in [-0.1, -0.05) is 0 Å². The molecule has 3 heterocycles. The maximum absolute atomic E-state index is 13.8. The number of carbonyl (C=O) groups excluding carboxylic acids is 3. The van der Waals surface area contributed by atoms with Gasteiger partial charge in [-0.3, -0.25) is 14.5 Å². The van der Waals surface area contributed by atoms with Gasteiger partial charge in [-0.2, -0.15) is 0 Å². The summed E-state index contributed by atoms with van der Waals surface area (Å²) in [6.45, 7) is 3.21. The summed E-state index contributed by atoms with van der Waals surface area (Å²) in [4.78, 5) is 41.0. The van der Waals surface area contributed by atoms with Gasteiger partial charge in [0, 0.05) is 50.7 Å². The zero-order valence-electron chi connectivity index (χ0n) is 17.6. The molecule has 3 fully saturated rings. The second kappa shape index (κ2) is 9.78. The topological polar surface area (TPSA) is 103 Å². The van der Waals surface area contributed by atoms with Crippen molar-refractivity contribution in [2.75, 3.05) is 44.7 Å². The number of halogens is 2. The van der Waals surface area contributed by atoms with E-state index < -0.39 is 17.7 Å². The van der Waals surface area contributed by atoms with Crippen LogP contribution >= 0.6 is 0 Å². The molecule has 0 bridgehead atoms. The van der Waals surface area contributed by atoms with Gasteiger partial charge in [0.05, 0.1) is 24.9 Å². The number of piperazine rings is 1. The molecule has 0 saturated carbocycles. The van der Waals surface area contributed by atoms with Crippen molar-refractivity contribution in [3.63, 3.8) is 0 Å². The molecular weight excluding hydrogens is 424 g/mol. The molecule has 3 N–H and O–H groups in total. The Morgan fingerprint density at radius 2 is 2.00 bits per heavy atom. The van der Waals surface area contributed by atoms with Crippen LogP contribution in [0, 0.1) is 11.6 Å². The fourth-order valence-electron chi connectivity index (χ4n) is 4.54. The second-order valence-electron chi connectivity index (χ2n) is 8.30. The van der Waals surface area contributed by atoms with E-state index in [-0.39, 0.29) is 35.6 Å². The predicted molar refractivity (Wildman–Crippen MR) is 111 cm³/mol. The van der Waals surface area contributed by atoms with Gasteiger partial charge in [0.1, 0.15) is 11.6 Å². The van der Waals surface area contributed by atoms with E-state index in [4.69, 9.17) is 4.74 Å². The third kappa shape index (κ3) is 5.16. The first-order chi connectivity index (χ1) is 15.4.